The number of benzene rings is 2. The van der Waals surface area contributed by atoms with Crippen LogP contribution in [-0.4, -0.2) is 53.3 Å². The van der Waals surface area contributed by atoms with E-state index in [2.05, 4.69) is 15.6 Å². The molecular weight excluding hydrogens is 499 g/mol. The van der Waals surface area contributed by atoms with E-state index in [4.69, 9.17) is 0 Å². The van der Waals surface area contributed by atoms with Crippen LogP contribution >= 0.6 is 0 Å². The fourth-order valence-electron chi connectivity index (χ4n) is 4.30. The minimum Gasteiger partial charge on any atom is -0.351 e. The number of sulfone groups is 1. The van der Waals surface area contributed by atoms with Crippen LogP contribution in [0.15, 0.2) is 47.4 Å². The lowest BCUT2D eigenvalue weighted by Gasteiger charge is -2.13. The number of anilines is 1. The number of hydrogen-bond donors (Lipinski definition) is 2. The van der Waals surface area contributed by atoms with Gasteiger partial charge in [0.15, 0.2) is 9.84 Å². The summed E-state index contributed by atoms with van der Waals surface area (Å²) >= 11 is 0. The smallest absolute Gasteiger partial charge is 0.351 e. The number of amides is 2. The first kappa shape index (κ1) is 23.9. The normalized spacial score (nSPS) is 14.5. The van der Waals surface area contributed by atoms with Crippen molar-refractivity contribution in [2.24, 2.45) is 0 Å². The van der Waals surface area contributed by atoms with Gasteiger partial charge in [-0.15, -0.1) is 0 Å². The van der Waals surface area contributed by atoms with E-state index in [9.17, 15) is 31.2 Å². The predicted molar refractivity (Wildman–Crippen MR) is 126 cm³/mol. The van der Waals surface area contributed by atoms with Crippen LogP contribution in [-0.2, 0) is 22.9 Å². The van der Waals surface area contributed by atoms with E-state index < -0.39 is 28.5 Å². The molecule has 0 unspecified atom stereocenters. The van der Waals surface area contributed by atoms with Gasteiger partial charge in [0, 0.05) is 35.8 Å². The molecule has 5 rings (SSSR count). The van der Waals surface area contributed by atoms with E-state index >= 15 is 0 Å². The zero-order chi connectivity index (χ0) is 25.8. The fourth-order valence-corrected chi connectivity index (χ4v) is 4.94. The lowest BCUT2D eigenvalue weighted by atomic mass is 10.1. The van der Waals surface area contributed by atoms with E-state index in [-0.39, 0.29) is 33.3 Å². The third-order valence-corrected chi connectivity index (χ3v) is 7.06. The number of imidazole rings is 1. The van der Waals surface area contributed by atoms with Gasteiger partial charge in [-0.25, -0.2) is 13.4 Å². The Bertz CT molecular complexity index is 1650. The number of carbonyl (C=O) groups excluding carboxylic acids is 2. The van der Waals surface area contributed by atoms with E-state index in [1.54, 1.807) is 22.8 Å². The van der Waals surface area contributed by atoms with Gasteiger partial charge in [-0.3, -0.25) is 14.9 Å². The summed E-state index contributed by atoms with van der Waals surface area (Å²) in [6, 6.07) is 10.1. The first-order chi connectivity index (χ1) is 16.9. The van der Waals surface area contributed by atoms with Gasteiger partial charge in [0.25, 0.3) is 11.8 Å². The van der Waals surface area contributed by atoms with Crippen LogP contribution in [0.2, 0.25) is 0 Å². The third-order valence-electron chi connectivity index (χ3n) is 5.95. The Morgan fingerprint density at radius 2 is 1.92 bits per heavy atom. The number of rotatable bonds is 4. The van der Waals surface area contributed by atoms with Crippen LogP contribution in [0.3, 0.4) is 0 Å². The standard InChI is InChI=1S/C23H20F3N5O4S/c1-36(34,35)15-5-6-17-16(11-15)28-22(31(17)12-23(24,25)26)29-20(32)14-4-3-13-9-19-21(33)27-7-2-8-30(19)18(13)10-14/h3-6,9-11H,2,7-8,12H2,1H3,(H,27,33)(H,28,29,32). The third kappa shape index (κ3) is 4.41. The van der Waals surface area contributed by atoms with E-state index in [0.29, 0.717) is 30.7 Å². The second-order valence-corrected chi connectivity index (χ2v) is 10.6. The molecule has 0 spiro atoms. The molecule has 2 aromatic heterocycles. The molecule has 4 aromatic rings. The maximum atomic E-state index is 13.3. The molecule has 0 bridgehead atoms. The number of aryl methyl sites for hydroxylation is 1. The monoisotopic (exact) mass is 519 g/mol. The van der Waals surface area contributed by atoms with Gasteiger partial charge in [0.1, 0.15) is 12.2 Å². The van der Waals surface area contributed by atoms with Crippen LogP contribution in [0.1, 0.15) is 27.3 Å². The van der Waals surface area contributed by atoms with Crippen LogP contribution in [0, 0.1) is 0 Å². The van der Waals surface area contributed by atoms with Crippen LogP contribution < -0.4 is 10.6 Å². The molecule has 9 nitrogen and oxygen atoms in total. The average molecular weight is 520 g/mol. The summed E-state index contributed by atoms with van der Waals surface area (Å²) < 4.78 is 66.3. The molecule has 0 fully saturated rings. The molecule has 2 aromatic carbocycles. The van der Waals surface area contributed by atoms with Crippen LogP contribution in [0.5, 0.6) is 0 Å². The minimum atomic E-state index is -4.62. The highest BCUT2D eigenvalue weighted by Crippen LogP contribution is 2.29. The number of nitrogens with one attached hydrogen (secondary N) is 2. The van der Waals surface area contributed by atoms with Crippen molar-refractivity contribution in [2.75, 3.05) is 18.1 Å². The summed E-state index contributed by atoms with van der Waals surface area (Å²) in [5.41, 5.74) is 1.30. The molecule has 2 N–H and O–H groups in total. The number of halogens is 3. The van der Waals surface area contributed by atoms with Crippen LogP contribution in [0.25, 0.3) is 21.9 Å². The average Bonchev–Trinajstić information content (AvgIpc) is 3.25. The lowest BCUT2D eigenvalue weighted by molar-refractivity contribution is -0.139. The zero-order valence-electron chi connectivity index (χ0n) is 18.9. The topological polar surface area (TPSA) is 115 Å². The van der Waals surface area contributed by atoms with Crippen molar-refractivity contribution < 1.29 is 31.2 Å². The molecule has 0 radical (unpaired) electrons. The van der Waals surface area contributed by atoms with E-state index in [0.717, 1.165) is 16.2 Å². The quantitative estimate of drug-likeness (QED) is 0.429. The molecule has 13 heteroatoms. The molecule has 0 atom stereocenters. The number of carbonyl (C=O) groups is 2. The number of alkyl halides is 3. The highest BCUT2D eigenvalue weighted by atomic mass is 32.2. The highest BCUT2D eigenvalue weighted by Gasteiger charge is 2.31. The Morgan fingerprint density at radius 3 is 2.64 bits per heavy atom. The Hall–Kier alpha value is -3.87. The zero-order valence-corrected chi connectivity index (χ0v) is 19.7. The van der Waals surface area contributed by atoms with Crippen molar-refractivity contribution in [3.63, 3.8) is 0 Å². The van der Waals surface area contributed by atoms with Gasteiger partial charge in [-0.2, -0.15) is 13.2 Å². The second-order valence-electron chi connectivity index (χ2n) is 8.58. The van der Waals surface area contributed by atoms with Gasteiger partial charge in [-0.05, 0) is 42.8 Å². The van der Waals surface area contributed by atoms with Crippen molar-refractivity contribution >= 4 is 49.5 Å². The molecule has 1 aliphatic rings. The summed E-state index contributed by atoms with van der Waals surface area (Å²) in [5.74, 6) is -1.29. The maximum absolute atomic E-state index is 13.3. The van der Waals surface area contributed by atoms with Crippen molar-refractivity contribution in [1.82, 2.24) is 19.4 Å². The number of fused-ring (bicyclic) bond motifs is 4. The Kier molecular flexibility index (Phi) is 5.54. The van der Waals surface area contributed by atoms with Gasteiger partial charge < -0.3 is 14.5 Å². The molecule has 0 saturated carbocycles. The molecule has 0 aliphatic carbocycles. The van der Waals surface area contributed by atoms with Crippen LogP contribution in [0.4, 0.5) is 19.1 Å². The Labute approximate surface area is 202 Å². The van der Waals surface area contributed by atoms with E-state index in [1.807, 2.05) is 0 Å². The van der Waals surface area contributed by atoms with Crippen molar-refractivity contribution in [2.45, 2.75) is 30.6 Å². The Balaban J connectivity index is 1.54. The fraction of sp³-hybridized carbons (Fsp3) is 0.261. The largest absolute Gasteiger partial charge is 0.406 e. The maximum Gasteiger partial charge on any atom is 0.406 e. The van der Waals surface area contributed by atoms with Crippen molar-refractivity contribution in [3.05, 3.63) is 53.7 Å². The van der Waals surface area contributed by atoms with Gasteiger partial charge in [0.05, 0.1) is 15.9 Å². The molecule has 2 amide bonds. The summed E-state index contributed by atoms with van der Waals surface area (Å²) in [7, 11) is -3.62. The SMILES string of the molecule is CS(=O)(=O)c1ccc2c(c1)nc(NC(=O)c1ccc3cc4n(c3c1)CCCNC4=O)n2CC(F)(F)F. The second kappa shape index (κ2) is 8.36. The van der Waals surface area contributed by atoms with Crippen molar-refractivity contribution in [3.8, 4) is 0 Å². The molecule has 3 heterocycles. The van der Waals surface area contributed by atoms with Gasteiger partial charge in [-0.1, -0.05) is 6.07 Å². The molecule has 1 aliphatic heterocycles. The molecule has 188 valence electrons. The van der Waals surface area contributed by atoms with Gasteiger partial charge in [0.2, 0.25) is 5.95 Å². The first-order valence-electron chi connectivity index (χ1n) is 10.9. The van der Waals surface area contributed by atoms with Gasteiger partial charge >= 0.3 is 6.18 Å². The van der Waals surface area contributed by atoms with Crippen molar-refractivity contribution in [1.29, 1.82) is 0 Å². The first-order valence-corrected chi connectivity index (χ1v) is 12.8. The summed E-state index contributed by atoms with van der Waals surface area (Å²) in [5, 5.41) is 5.98. The minimum absolute atomic E-state index is 0.00384. The molecular formula is C23H20F3N5O4S. The van der Waals surface area contributed by atoms with E-state index in [1.165, 1.54) is 24.3 Å². The molecule has 36 heavy (non-hydrogen) atoms. The molecule has 0 saturated heterocycles. The Morgan fingerprint density at radius 1 is 1.14 bits per heavy atom. The predicted octanol–water partition coefficient (Wildman–Crippen LogP) is 3.34. The number of aromatic nitrogens is 3. The lowest BCUT2D eigenvalue weighted by Crippen LogP contribution is -2.22. The number of hydrogen-bond acceptors (Lipinski definition) is 5. The summed E-state index contributed by atoms with van der Waals surface area (Å²) in [6.07, 6.45) is -2.94. The summed E-state index contributed by atoms with van der Waals surface area (Å²) in [4.78, 5) is 29.4. The number of nitrogens with zero attached hydrogens (tertiary/aromatic N) is 3. The highest BCUT2D eigenvalue weighted by molar-refractivity contribution is 7.90. The summed E-state index contributed by atoms with van der Waals surface area (Å²) in [6.45, 7) is -0.344.